The third-order valence-corrected chi connectivity index (χ3v) is 3.92. The highest BCUT2D eigenvalue weighted by molar-refractivity contribution is 6.03. The molecule has 3 rings (SSSR count). The largest absolute Gasteiger partial charge is 0.490 e. The maximum absolute atomic E-state index is 12.6. The van der Waals surface area contributed by atoms with Gasteiger partial charge in [-0.3, -0.25) is 10.1 Å². The first-order chi connectivity index (χ1) is 13.5. The summed E-state index contributed by atoms with van der Waals surface area (Å²) in [4.78, 5) is 12.6. The molecule has 28 heavy (non-hydrogen) atoms. The lowest BCUT2D eigenvalue weighted by atomic mass is 10.1. The SMILES string of the molecule is CCOc1ccc(C(=O)Nc2nnc(-c3cc(C)cc(C)c3)o2)cc1OCC. The summed E-state index contributed by atoms with van der Waals surface area (Å²) in [7, 11) is 0. The molecular weight excluding hydrogens is 358 g/mol. The lowest BCUT2D eigenvalue weighted by molar-refractivity contribution is 0.102. The van der Waals surface area contributed by atoms with Gasteiger partial charge < -0.3 is 13.9 Å². The first-order valence-corrected chi connectivity index (χ1v) is 9.13. The smallest absolute Gasteiger partial charge is 0.322 e. The van der Waals surface area contributed by atoms with Crippen LogP contribution in [0.15, 0.2) is 40.8 Å². The standard InChI is InChI=1S/C21H23N3O4/c1-5-26-17-8-7-15(12-18(17)27-6-2)19(25)22-21-24-23-20(28-21)16-10-13(3)9-14(4)11-16/h7-12H,5-6H2,1-4H3,(H,22,24,25). The molecular formula is C21H23N3O4. The molecule has 1 aromatic heterocycles. The van der Waals surface area contributed by atoms with Crippen molar-refractivity contribution in [3.63, 3.8) is 0 Å². The van der Waals surface area contributed by atoms with Crippen LogP contribution in [0.4, 0.5) is 6.01 Å². The van der Waals surface area contributed by atoms with Crippen LogP contribution in [-0.4, -0.2) is 29.3 Å². The third-order valence-electron chi connectivity index (χ3n) is 3.92. The molecule has 0 unspecified atom stereocenters. The summed E-state index contributed by atoms with van der Waals surface area (Å²) in [5, 5.41) is 10.6. The van der Waals surface area contributed by atoms with Gasteiger partial charge in [-0.15, -0.1) is 5.10 Å². The lowest BCUT2D eigenvalue weighted by Gasteiger charge is -2.11. The van der Waals surface area contributed by atoms with Gasteiger partial charge in [-0.05, 0) is 58.0 Å². The fraction of sp³-hybridized carbons (Fsp3) is 0.286. The van der Waals surface area contributed by atoms with Crippen LogP contribution >= 0.6 is 0 Å². The molecule has 0 aliphatic rings. The van der Waals surface area contributed by atoms with Gasteiger partial charge in [0, 0.05) is 11.1 Å². The van der Waals surface area contributed by atoms with E-state index in [-0.39, 0.29) is 11.9 Å². The molecule has 0 saturated heterocycles. The molecule has 0 spiro atoms. The van der Waals surface area contributed by atoms with Crippen LogP contribution < -0.4 is 14.8 Å². The Kier molecular flexibility index (Phi) is 5.93. The van der Waals surface area contributed by atoms with E-state index >= 15 is 0 Å². The Morgan fingerprint density at radius 1 is 0.964 bits per heavy atom. The van der Waals surface area contributed by atoms with E-state index in [9.17, 15) is 4.79 Å². The topological polar surface area (TPSA) is 86.5 Å². The fourth-order valence-electron chi connectivity index (χ4n) is 2.85. The van der Waals surface area contributed by atoms with Crippen LogP contribution in [0.2, 0.25) is 0 Å². The van der Waals surface area contributed by atoms with Gasteiger partial charge in [-0.2, -0.15) is 0 Å². The molecule has 146 valence electrons. The first-order valence-electron chi connectivity index (χ1n) is 9.13. The highest BCUT2D eigenvalue weighted by atomic mass is 16.5. The molecule has 0 atom stereocenters. The van der Waals surface area contributed by atoms with Crippen molar-refractivity contribution in [2.45, 2.75) is 27.7 Å². The van der Waals surface area contributed by atoms with Gasteiger partial charge in [0.1, 0.15) is 0 Å². The Bertz CT molecular complexity index is 961. The van der Waals surface area contributed by atoms with E-state index in [1.54, 1.807) is 18.2 Å². The normalized spacial score (nSPS) is 10.6. The van der Waals surface area contributed by atoms with E-state index in [1.165, 1.54) is 0 Å². The minimum atomic E-state index is -0.375. The number of aromatic nitrogens is 2. The number of hydrogen-bond donors (Lipinski definition) is 1. The van der Waals surface area contributed by atoms with Crippen LogP contribution in [0, 0.1) is 13.8 Å². The molecule has 0 fully saturated rings. The van der Waals surface area contributed by atoms with Crippen LogP contribution in [0.3, 0.4) is 0 Å². The molecule has 3 aromatic rings. The summed E-state index contributed by atoms with van der Waals surface area (Å²) in [6, 6.07) is 11.0. The van der Waals surface area contributed by atoms with E-state index < -0.39 is 0 Å². The van der Waals surface area contributed by atoms with E-state index in [4.69, 9.17) is 13.9 Å². The number of carbonyl (C=O) groups excluding carboxylic acids is 1. The molecule has 0 bridgehead atoms. The second kappa shape index (κ2) is 8.56. The summed E-state index contributed by atoms with van der Waals surface area (Å²) >= 11 is 0. The predicted octanol–water partition coefficient (Wildman–Crippen LogP) is 4.40. The second-order valence-electron chi connectivity index (χ2n) is 6.27. The molecule has 0 aliphatic heterocycles. The van der Waals surface area contributed by atoms with E-state index in [0.29, 0.717) is 36.2 Å². The number of ether oxygens (including phenoxy) is 2. The van der Waals surface area contributed by atoms with Gasteiger partial charge in [0.25, 0.3) is 5.91 Å². The Morgan fingerprint density at radius 3 is 2.32 bits per heavy atom. The zero-order valence-electron chi connectivity index (χ0n) is 16.4. The van der Waals surface area contributed by atoms with Crippen LogP contribution in [0.25, 0.3) is 11.5 Å². The van der Waals surface area contributed by atoms with Crippen molar-refractivity contribution in [1.29, 1.82) is 0 Å². The van der Waals surface area contributed by atoms with E-state index in [1.807, 2.05) is 39.8 Å². The molecule has 0 radical (unpaired) electrons. The molecule has 1 amide bonds. The zero-order chi connectivity index (χ0) is 20.1. The number of anilines is 1. The van der Waals surface area contributed by atoms with Crippen molar-refractivity contribution < 1.29 is 18.7 Å². The monoisotopic (exact) mass is 381 g/mol. The van der Waals surface area contributed by atoms with Gasteiger partial charge in [0.05, 0.1) is 13.2 Å². The van der Waals surface area contributed by atoms with Gasteiger partial charge in [-0.25, -0.2) is 0 Å². The number of aryl methyl sites for hydroxylation is 2. The van der Waals surface area contributed by atoms with Gasteiger partial charge in [0.15, 0.2) is 11.5 Å². The summed E-state index contributed by atoms with van der Waals surface area (Å²) in [6.45, 7) is 8.73. The van der Waals surface area contributed by atoms with Gasteiger partial charge in [-0.1, -0.05) is 22.3 Å². The second-order valence-corrected chi connectivity index (χ2v) is 6.27. The predicted molar refractivity (Wildman–Crippen MR) is 106 cm³/mol. The number of nitrogens with one attached hydrogen (secondary N) is 1. The molecule has 0 aliphatic carbocycles. The lowest BCUT2D eigenvalue weighted by Crippen LogP contribution is -2.12. The summed E-state index contributed by atoms with van der Waals surface area (Å²) in [5.41, 5.74) is 3.40. The zero-order valence-corrected chi connectivity index (χ0v) is 16.4. The van der Waals surface area contributed by atoms with Crippen molar-refractivity contribution in [2.75, 3.05) is 18.5 Å². The van der Waals surface area contributed by atoms with Crippen LogP contribution in [0.1, 0.15) is 35.3 Å². The molecule has 1 heterocycles. The minimum Gasteiger partial charge on any atom is -0.490 e. The average molecular weight is 381 g/mol. The summed E-state index contributed by atoms with van der Waals surface area (Å²) in [5.74, 6) is 1.08. The van der Waals surface area contributed by atoms with E-state index in [2.05, 4.69) is 21.6 Å². The quantitative estimate of drug-likeness (QED) is 0.653. The van der Waals surface area contributed by atoms with Crippen molar-refractivity contribution in [2.24, 2.45) is 0 Å². The minimum absolute atomic E-state index is 0.0333. The van der Waals surface area contributed by atoms with Crippen LogP contribution in [0.5, 0.6) is 11.5 Å². The molecule has 1 N–H and O–H groups in total. The summed E-state index contributed by atoms with van der Waals surface area (Å²) < 4.78 is 16.7. The number of carbonyl (C=O) groups is 1. The number of amides is 1. The highest BCUT2D eigenvalue weighted by Crippen LogP contribution is 2.29. The third kappa shape index (κ3) is 4.49. The summed E-state index contributed by atoms with van der Waals surface area (Å²) in [6.07, 6.45) is 0. The van der Waals surface area contributed by atoms with Crippen molar-refractivity contribution >= 4 is 11.9 Å². The Labute approximate surface area is 163 Å². The van der Waals surface area contributed by atoms with Gasteiger partial charge >= 0.3 is 6.01 Å². The fourth-order valence-corrected chi connectivity index (χ4v) is 2.85. The number of benzene rings is 2. The molecule has 7 nitrogen and oxygen atoms in total. The Hall–Kier alpha value is -3.35. The highest BCUT2D eigenvalue weighted by Gasteiger charge is 2.15. The molecule has 0 saturated carbocycles. The van der Waals surface area contributed by atoms with Gasteiger partial charge in [0.2, 0.25) is 5.89 Å². The molecule has 2 aromatic carbocycles. The number of rotatable bonds is 7. The maximum atomic E-state index is 12.6. The number of nitrogens with zero attached hydrogens (tertiary/aromatic N) is 2. The van der Waals surface area contributed by atoms with Crippen molar-refractivity contribution in [3.05, 3.63) is 53.1 Å². The average Bonchev–Trinajstić information content (AvgIpc) is 3.11. The van der Waals surface area contributed by atoms with Crippen molar-refractivity contribution in [3.8, 4) is 23.0 Å². The Morgan fingerprint density at radius 2 is 1.64 bits per heavy atom. The Balaban J connectivity index is 1.78. The number of hydrogen-bond acceptors (Lipinski definition) is 6. The van der Waals surface area contributed by atoms with E-state index in [0.717, 1.165) is 16.7 Å². The van der Waals surface area contributed by atoms with Crippen molar-refractivity contribution in [1.82, 2.24) is 10.2 Å². The molecule has 7 heteroatoms. The maximum Gasteiger partial charge on any atom is 0.322 e. The first kappa shape index (κ1) is 19.4. The van der Waals surface area contributed by atoms with Crippen LogP contribution in [-0.2, 0) is 0 Å².